The van der Waals surface area contributed by atoms with Crippen molar-refractivity contribution >= 4 is 10.9 Å². The number of hydrogen-bond acceptors (Lipinski definition) is 4. The van der Waals surface area contributed by atoms with Crippen molar-refractivity contribution in [1.82, 2.24) is 14.8 Å². The van der Waals surface area contributed by atoms with E-state index in [-0.39, 0.29) is 0 Å². The highest BCUT2D eigenvalue weighted by Gasteiger charge is 2.15. The molecule has 0 amide bonds. The lowest BCUT2D eigenvalue weighted by Crippen LogP contribution is -2.02. The molecule has 0 atom stereocenters. The Morgan fingerprint density at radius 1 is 1.24 bits per heavy atom. The number of benzene rings is 1. The fourth-order valence-electron chi connectivity index (χ4n) is 2.38. The molecule has 2 N–H and O–H groups in total. The van der Waals surface area contributed by atoms with E-state index in [1.54, 1.807) is 4.68 Å². The Kier molecular flexibility index (Phi) is 3.35. The zero-order valence-electron chi connectivity index (χ0n) is 12.4. The molecule has 0 saturated heterocycles. The molecule has 0 unspecified atom stereocenters. The van der Waals surface area contributed by atoms with Crippen LogP contribution in [0.1, 0.15) is 17.0 Å². The lowest BCUT2D eigenvalue weighted by molar-refractivity contribution is 0.451. The minimum atomic E-state index is 0.380. The van der Waals surface area contributed by atoms with Crippen LogP contribution in [0.5, 0.6) is 11.6 Å². The fourth-order valence-corrected chi connectivity index (χ4v) is 2.38. The summed E-state index contributed by atoms with van der Waals surface area (Å²) in [7, 11) is 1.90. The number of aromatic nitrogens is 3. The molecule has 0 radical (unpaired) electrons. The molecule has 3 rings (SSSR count). The van der Waals surface area contributed by atoms with Gasteiger partial charge < -0.3 is 10.5 Å². The summed E-state index contributed by atoms with van der Waals surface area (Å²) in [6.07, 6.45) is 0. The highest BCUT2D eigenvalue weighted by atomic mass is 16.5. The van der Waals surface area contributed by atoms with Crippen molar-refractivity contribution in [2.75, 3.05) is 0 Å². The van der Waals surface area contributed by atoms with Crippen LogP contribution in [0.15, 0.2) is 30.3 Å². The lowest BCUT2D eigenvalue weighted by atomic mass is 10.1. The first-order valence-corrected chi connectivity index (χ1v) is 6.87. The molecule has 5 nitrogen and oxygen atoms in total. The van der Waals surface area contributed by atoms with Crippen LogP contribution >= 0.6 is 0 Å². The number of nitrogens with zero attached hydrogens (tertiary/aromatic N) is 3. The first-order chi connectivity index (χ1) is 10.1. The Labute approximate surface area is 123 Å². The predicted octanol–water partition coefficient (Wildman–Crippen LogP) is 2.84. The summed E-state index contributed by atoms with van der Waals surface area (Å²) in [5, 5.41) is 5.42. The van der Waals surface area contributed by atoms with Gasteiger partial charge in [-0.1, -0.05) is 18.2 Å². The number of hydrogen-bond donors (Lipinski definition) is 1. The number of aryl methyl sites for hydroxylation is 2. The zero-order chi connectivity index (χ0) is 15.0. The Morgan fingerprint density at radius 2 is 2.00 bits per heavy atom. The summed E-state index contributed by atoms with van der Waals surface area (Å²) in [4.78, 5) is 4.59. The van der Waals surface area contributed by atoms with Crippen molar-refractivity contribution in [3.05, 3.63) is 47.3 Å². The van der Waals surface area contributed by atoms with Gasteiger partial charge in [0.2, 0.25) is 5.88 Å². The Bertz CT molecular complexity index is 807. The van der Waals surface area contributed by atoms with Crippen LogP contribution in [0.3, 0.4) is 0 Å². The maximum atomic E-state index is 6.02. The Morgan fingerprint density at radius 3 is 2.67 bits per heavy atom. The van der Waals surface area contributed by atoms with Crippen molar-refractivity contribution in [3.63, 3.8) is 0 Å². The minimum Gasteiger partial charge on any atom is -0.435 e. The first-order valence-electron chi connectivity index (χ1n) is 6.87. The van der Waals surface area contributed by atoms with Gasteiger partial charge in [0.25, 0.3) is 0 Å². The molecule has 21 heavy (non-hydrogen) atoms. The summed E-state index contributed by atoms with van der Waals surface area (Å²) in [5.41, 5.74) is 9.42. The molecular weight excluding hydrogens is 264 g/mol. The van der Waals surface area contributed by atoms with Gasteiger partial charge in [-0.05, 0) is 26.0 Å². The molecule has 0 aliphatic rings. The largest absolute Gasteiger partial charge is 0.435 e. The van der Waals surface area contributed by atoms with Crippen molar-refractivity contribution < 1.29 is 4.74 Å². The molecule has 2 heterocycles. The molecule has 0 bridgehead atoms. The Balaban J connectivity index is 2.11. The van der Waals surface area contributed by atoms with Crippen molar-refractivity contribution in [3.8, 4) is 11.6 Å². The van der Waals surface area contributed by atoms with Gasteiger partial charge in [-0.25, -0.2) is 4.98 Å². The standard InChI is InChI=1S/C16H18N4O/c1-10-15(11(2)20(3)19-10)21-16-13(9-17)8-12-6-4-5-7-14(12)18-16/h4-8H,9,17H2,1-3H3. The smallest absolute Gasteiger partial charge is 0.224 e. The van der Waals surface area contributed by atoms with E-state index in [0.29, 0.717) is 12.4 Å². The summed E-state index contributed by atoms with van der Waals surface area (Å²) >= 11 is 0. The second-order valence-corrected chi connectivity index (χ2v) is 5.08. The maximum Gasteiger partial charge on any atom is 0.224 e. The van der Waals surface area contributed by atoms with Gasteiger partial charge in [0.15, 0.2) is 5.75 Å². The van der Waals surface area contributed by atoms with Crippen molar-refractivity contribution in [1.29, 1.82) is 0 Å². The second-order valence-electron chi connectivity index (χ2n) is 5.08. The van der Waals surface area contributed by atoms with Gasteiger partial charge in [-0.3, -0.25) is 4.68 Å². The van der Waals surface area contributed by atoms with E-state index in [1.165, 1.54) is 0 Å². The molecule has 0 aliphatic carbocycles. The molecule has 0 fully saturated rings. The number of fused-ring (bicyclic) bond motifs is 1. The number of ether oxygens (including phenoxy) is 1. The third-order valence-corrected chi connectivity index (χ3v) is 3.62. The topological polar surface area (TPSA) is 66.0 Å². The van der Waals surface area contributed by atoms with Crippen LogP contribution in [0.2, 0.25) is 0 Å². The van der Waals surface area contributed by atoms with Gasteiger partial charge in [0, 0.05) is 24.5 Å². The van der Waals surface area contributed by atoms with Gasteiger partial charge in [0.05, 0.1) is 11.2 Å². The highest BCUT2D eigenvalue weighted by molar-refractivity contribution is 5.80. The summed E-state index contributed by atoms with van der Waals surface area (Å²) in [5.74, 6) is 1.30. The molecular formula is C16H18N4O. The van der Waals surface area contributed by atoms with Crippen LogP contribution in [0, 0.1) is 13.8 Å². The summed E-state index contributed by atoms with van der Waals surface area (Å²) in [6, 6.07) is 9.96. The molecule has 108 valence electrons. The number of nitrogens with two attached hydrogens (primary N) is 1. The van der Waals surface area contributed by atoms with Crippen LogP contribution in [-0.4, -0.2) is 14.8 Å². The number of pyridine rings is 1. The van der Waals surface area contributed by atoms with Gasteiger partial charge in [0.1, 0.15) is 5.69 Å². The van der Waals surface area contributed by atoms with Crippen LogP contribution in [0.4, 0.5) is 0 Å². The number of para-hydroxylation sites is 1. The summed E-state index contributed by atoms with van der Waals surface area (Å²) < 4.78 is 7.82. The third kappa shape index (κ3) is 2.36. The SMILES string of the molecule is Cc1nn(C)c(C)c1Oc1nc2ccccc2cc1CN. The van der Waals surface area contributed by atoms with E-state index in [2.05, 4.69) is 10.1 Å². The minimum absolute atomic E-state index is 0.380. The van der Waals surface area contributed by atoms with E-state index >= 15 is 0 Å². The highest BCUT2D eigenvalue weighted by Crippen LogP contribution is 2.30. The number of rotatable bonds is 3. The average Bonchev–Trinajstić information content (AvgIpc) is 2.73. The Hall–Kier alpha value is -2.40. The van der Waals surface area contributed by atoms with E-state index in [0.717, 1.165) is 33.6 Å². The van der Waals surface area contributed by atoms with Gasteiger partial charge >= 0.3 is 0 Å². The molecule has 1 aromatic carbocycles. The van der Waals surface area contributed by atoms with E-state index in [1.807, 2.05) is 51.2 Å². The molecule has 2 aromatic heterocycles. The zero-order valence-corrected chi connectivity index (χ0v) is 12.4. The summed E-state index contributed by atoms with van der Waals surface area (Å²) in [6.45, 7) is 4.27. The van der Waals surface area contributed by atoms with Crippen LogP contribution in [-0.2, 0) is 13.6 Å². The van der Waals surface area contributed by atoms with Crippen LogP contribution in [0.25, 0.3) is 10.9 Å². The van der Waals surface area contributed by atoms with Crippen LogP contribution < -0.4 is 10.5 Å². The quantitative estimate of drug-likeness (QED) is 0.802. The van der Waals surface area contributed by atoms with E-state index < -0.39 is 0 Å². The second kappa shape index (κ2) is 5.18. The molecule has 0 aliphatic heterocycles. The fraction of sp³-hybridized carbons (Fsp3) is 0.250. The van der Waals surface area contributed by atoms with Gasteiger partial charge in [-0.15, -0.1) is 0 Å². The third-order valence-electron chi connectivity index (χ3n) is 3.62. The monoisotopic (exact) mass is 282 g/mol. The van der Waals surface area contributed by atoms with E-state index in [9.17, 15) is 0 Å². The maximum absolute atomic E-state index is 6.02. The molecule has 3 aromatic rings. The average molecular weight is 282 g/mol. The first kappa shape index (κ1) is 13.6. The van der Waals surface area contributed by atoms with E-state index in [4.69, 9.17) is 10.5 Å². The predicted molar refractivity (Wildman–Crippen MR) is 82.4 cm³/mol. The van der Waals surface area contributed by atoms with Gasteiger partial charge in [-0.2, -0.15) is 5.10 Å². The molecule has 5 heteroatoms. The van der Waals surface area contributed by atoms with Crippen molar-refractivity contribution in [2.45, 2.75) is 20.4 Å². The molecule has 0 spiro atoms. The molecule has 0 saturated carbocycles. The lowest BCUT2D eigenvalue weighted by Gasteiger charge is -2.10. The normalized spacial score (nSPS) is 11.0. The van der Waals surface area contributed by atoms with Crippen molar-refractivity contribution in [2.24, 2.45) is 12.8 Å².